The van der Waals surface area contributed by atoms with E-state index < -0.39 is 0 Å². The van der Waals surface area contributed by atoms with E-state index in [1.54, 1.807) is 10.9 Å². The number of nitrogens with zero attached hydrogens (tertiary/aromatic N) is 2. The number of aromatic nitrogens is 2. The fourth-order valence-corrected chi connectivity index (χ4v) is 2.15. The number of carbonyl (C=O) groups excluding carboxylic acids is 1. The van der Waals surface area contributed by atoms with Gasteiger partial charge in [-0.15, -0.1) is 12.4 Å². The van der Waals surface area contributed by atoms with Gasteiger partial charge in [0.1, 0.15) is 0 Å². The highest BCUT2D eigenvalue weighted by Crippen LogP contribution is 2.20. The van der Waals surface area contributed by atoms with Crippen LogP contribution in [-0.2, 0) is 0 Å². The molecule has 1 heterocycles. The summed E-state index contributed by atoms with van der Waals surface area (Å²) in [5.41, 5.74) is 6.66. The lowest BCUT2D eigenvalue weighted by Gasteiger charge is -2.08. The molecule has 0 unspecified atom stereocenters. The first-order valence-electron chi connectivity index (χ1n) is 8.38. The summed E-state index contributed by atoms with van der Waals surface area (Å²) in [4.78, 5) is 12.4. The van der Waals surface area contributed by atoms with E-state index in [0.29, 0.717) is 37.1 Å². The lowest BCUT2D eigenvalue weighted by atomic mass is 10.2. The molecule has 0 atom stereocenters. The molecule has 1 amide bonds. The van der Waals surface area contributed by atoms with Crippen molar-refractivity contribution in [3.63, 3.8) is 0 Å². The van der Waals surface area contributed by atoms with E-state index in [-0.39, 0.29) is 18.3 Å². The van der Waals surface area contributed by atoms with Crippen molar-refractivity contribution in [2.45, 2.75) is 26.7 Å². The predicted molar refractivity (Wildman–Crippen MR) is 102 cm³/mol. The number of rotatable bonds is 9. The molecule has 1 aromatic carbocycles. The third-order valence-corrected chi connectivity index (χ3v) is 3.41. The van der Waals surface area contributed by atoms with Crippen LogP contribution in [0, 0.1) is 5.92 Å². The van der Waals surface area contributed by atoms with Crippen molar-refractivity contribution in [3.05, 3.63) is 42.2 Å². The molecule has 1 aromatic heterocycles. The standard InChI is InChI=1S/C18H26N4O2.ClH/c1-14(2)13-24-16-12-22(15-8-4-3-5-9-15)21-17(16)18(23)20-11-7-6-10-19;/h3-5,8-9,12,14H,6-7,10-11,13,19H2,1-2H3,(H,20,23);1H. The average molecular weight is 367 g/mol. The number of ether oxygens (including phenoxy) is 1. The van der Waals surface area contributed by atoms with Crippen molar-refractivity contribution in [2.24, 2.45) is 11.7 Å². The molecule has 0 spiro atoms. The lowest BCUT2D eigenvalue weighted by molar-refractivity contribution is 0.0943. The summed E-state index contributed by atoms with van der Waals surface area (Å²) in [6.45, 7) is 5.87. The van der Waals surface area contributed by atoms with E-state index >= 15 is 0 Å². The highest BCUT2D eigenvalue weighted by Gasteiger charge is 2.19. The Kier molecular flexibility index (Phi) is 9.02. The number of nitrogens with two attached hydrogens (primary N) is 1. The molecule has 6 nitrogen and oxygen atoms in total. The van der Waals surface area contributed by atoms with Gasteiger partial charge in [0.2, 0.25) is 0 Å². The molecule has 0 aliphatic carbocycles. The molecule has 2 rings (SSSR count). The number of nitrogens with one attached hydrogen (secondary N) is 1. The molecule has 7 heteroatoms. The van der Waals surface area contributed by atoms with Crippen LogP contribution < -0.4 is 15.8 Å². The maximum absolute atomic E-state index is 12.4. The van der Waals surface area contributed by atoms with Gasteiger partial charge in [0.15, 0.2) is 11.4 Å². The summed E-state index contributed by atoms with van der Waals surface area (Å²) in [7, 11) is 0. The van der Waals surface area contributed by atoms with Crippen LogP contribution >= 0.6 is 12.4 Å². The lowest BCUT2D eigenvalue weighted by Crippen LogP contribution is -2.26. The monoisotopic (exact) mass is 366 g/mol. The molecule has 0 radical (unpaired) electrons. The zero-order chi connectivity index (χ0) is 17.4. The van der Waals surface area contributed by atoms with E-state index in [1.165, 1.54) is 0 Å². The number of amides is 1. The topological polar surface area (TPSA) is 82.2 Å². The second kappa shape index (κ2) is 10.7. The molecule has 0 saturated heterocycles. The summed E-state index contributed by atoms with van der Waals surface area (Å²) in [5.74, 6) is 0.648. The first-order valence-corrected chi connectivity index (χ1v) is 8.38. The van der Waals surface area contributed by atoms with Crippen molar-refractivity contribution >= 4 is 18.3 Å². The maximum atomic E-state index is 12.4. The van der Waals surface area contributed by atoms with Crippen LogP contribution in [0.25, 0.3) is 5.69 Å². The smallest absolute Gasteiger partial charge is 0.275 e. The van der Waals surface area contributed by atoms with Crippen molar-refractivity contribution < 1.29 is 9.53 Å². The third kappa shape index (κ3) is 6.40. The fraction of sp³-hybridized carbons (Fsp3) is 0.444. The van der Waals surface area contributed by atoms with Crippen LogP contribution in [0.15, 0.2) is 36.5 Å². The molecule has 0 aliphatic heterocycles. The van der Waals surface area contributed by atoms with Crippen molar-refractivity contribution in [2.75, 3.05) is 19.7 Å². The Morgan fingerprint density at radius 1 is 1.28 bits per heavy atom. The highest BCUT2D eigenvalue weighted by atomic mass is 35.5. The fourth-order valence-electron chi connectivity index (χ4n) is 2.15. The van der Waals surface area contributed by atoms with Crippen molar-refractivity contribution in [3.8, 4) is 11.4 Å². The van der Waals surface area contributed by atoms with Gasteiger partial charge in [-0.25, -0.2) is 4.68 Å². The molecule has 0 saturated carbocycles. The zero-order valence-electron chi connectivity index (χ0n) is 14.8. The van der Waals surface area contributed by atoms with E-state index in [0.717, 1.165) is 18.5 Å². The zero-order valence-corrected chi connectivity index (χ0v) is 15.6. The Balaban J connectivity index is 0.00000312. The van der Waals surface area contributed by atoms with E-state index in [4.69, 9.17) is 10.5 Å². The SMILES string of the molecule is CC(C)COc1cn(-c2ccccc2)nc1C(=O)NCCCCN.Cl. The van der Waals surface area contributed by atoms with Crippen LogP contribution in [0.1, 0.15) is 37.2 Å². The van der Waals surface area contributed by atoms with E-state index in [1.807, 2.05) is 30.3 Å². The molecule has 138 valence electrons. The van der Waals surface area contributed by atoms with E-state index in [9.17, 15) is 4.79 Å². The number of carbonyl (C=O) groups is 1. The maximum Gasteiger partial charge on any atom is 0.275 e. The normalized spacial score (nSPS) is 10.4. The molecule has 0 aliphatic rings. The molecule has 25 heavy (non-hydrogen) atoms. The molecule has 0 fully saturated rings. The molecular weight excluding hydrogens is 340 g/mol. The van der Waals surface area contributed by atoms with Gasteiger partial charge in [0, 0.05) is 6.54 Å². The number of para-hydroxylation sites is 1. The Hall–Kier alpha value is -2.05. The molecular formula is C18H27ClN4O2. The first-order chi connectivity index (χ1) is 11.6. The largest absolute Gasteiger partial charge is 0.489 e. The minimum absolute atomic E-state index is 0. The summed E-state index contributed by atoms with van der Waals surface area (Å²) in [5, 5.41) is 7.29. The van der Waals surface area contributed by atoms with Crippen LogP contribution in [-0.4, -0.2) is 35.4 Å². The van der Waals surface area contributed by atoms with Gasteiger partial charge >= 0.3 is 0 Å². The van der Waals surface area contributed by atoms with Gasteiger partial charge in [0.05, 0.1) is 18.5 Å². The minimum Gasteiger partial charge on any atom is -0.489 e. The Morgan fingerprint density at radius 2 is 2.00 bits per heavy atom. The Bertz CT molecular complexity index is 644. The Labute approximate surface area is 155 Å². The van der Waals surface area contributed by atoms with Gasteiger partial charge < -0.3 is 15.8 Å². The molecule has 3 N–H and O–H groups in total. The number of unbranched alkanes of at least 4 members (excludes halogenated alkanes) is 1. The first kappa shape index (κ1) is 21.0. The summed E-state index contributed by atoms with van der Waals surface area (Å²) in [6.07, 6.45) is 3.49. The second-order valence-electron chi connectivity index (χ2n) is 6.08. The number of hydrogen-bond acceptors (Lipinski definition) is 4. The van der Waals surface area contributed by atoms with Gasteiger partial charge in [-0.05, 0) is 37.4 Å². The van der Waals surface area contributed by atoms with Crippen molar-refractivity contribution in [1.29, 1.82) is 0 Å². The van der Waals surface area contributed by atoms with Crippen LogP contribution in [0.2, 0.25) is 0 Å². The van der Waals surface area contributed by atoms with E-state index in [2.05, 4.69) is 24.3 Å². The average Bonchev–Trinajstić information content (AvgIpc) is 3.02. The summed E-state index contributed by atoms with van der Waals surface area (Å²) in [6, 6.07) is 9.66. The predicted octanol–water partition coefficient (Wildman–Crippen LogP) is 2.80. The van der Waals surface area contributed by atoms with Gasteiger partial charge in [0.25, 0.3) is 5.91 Å². The van der Waals surface area contributed by atoms with Crippen molar-refractivity contribution in [1.82, 2.24) is 15.1 Å². The Morgan fingerprint density at radius 3 is 2.64 bits per heavy atom. The van der Waals surface area contributed by atoms with Gasteiger partial charge in [-0.1, -0.05) is 32.0 Å². The second-order valence-corrected chi connectivity index (χ2v) is 6.08. The number of hydrogen-bond donors (Lipinski definition) is 2. The van der Waals surface area contributed by atoms with Crippen LogP contribution in [0.4, 0.5) is 0 Å². The minimum atomic E-state index is -0.222. The van der Waals surface area contributed by atoms with Gasteiger partial charge in [-0.2, -0.15) is 5.10 Å². The van der Waals surface area contributed by atoms with Gasteiger partial charge in [-0.3, -0.25) is 4.79 Å². The molecule has 2 aromatic rings. The summed E-state index contributed by atoms with van der Waals surface area (Å²) < 4.78 is 7.46. The quantitative estimate of drug-likeness (QED) is 0.668. The number of halogens is 1. The molecule has 0 bridgehead atoms. The number of benzene rings is 1. The van der Waals surface area contributed by atoms with Crippen LogP contribution in [0.5, 0.6) is 5.75 Å². The third-order valence-electron chi connectivity index (χ3n) is 3.41. The summed E-state index contributed by atoms with van der Waals surface area (Å²) >= 11 is 0. The highest BCUT2D eigenvalue weighted by molar-refractivity contribution is 5.94. The van der Waals surface area contributed by atoms with Crippen LogP contribution in [0.3, 0.4) is 0 Å².